The molecule has 0 bridgehead atoms. The number of benzene rings is 3. The van der Waals surface area contributed by atoms with Crippen molar-refractivity contribution in [2.45, 2.75) is 0 Å². The van der Waals surface area contributed by atoms with Crippen LogP contribution in [0, 0.1) is 0 Å². The van der Waals surface area contributed by atoms with Gasteiger partial charge in [-0.05, 0) is 66.7 Å². The zero-order valence-corrected chi connectivity index (χ0v) is 20.5. The van der Waals surface area contributed by atoms with Gasteiger partial charge in [-0.25, -0.2) is 9.69 Å². The summed E-state index contributed by atoms with van der Waals surface area (Å²) in [6.45, 7) is -0.367. The average molecular weight is 545 g/mol. The number of anilines is 2. The molecule has 0 spiro atoms. The fourth-order valence-electron chi connectivity index (χ4n) is 3.30. The molecule has 1 aliphatic heterocycles. The highest BCUT2D eigenvalue weighted by Crippen LogP contribution is 2.29. The number of amides is 5. The quantitative estimate of drug-likeness (QED) is 0.322. The van der Waals surface area contributed by atoms with Gasteiger partial charge in [0, 0.05) is 26.3 Å². The number of ether oxygens (including phenoxy) is 1. The van der Waals surface area contributed by atoms with Gasteiger partial charge in [0.1, 0.15) is 11.3 Å². The smallest absolute Gasteiger partial charge is 0.335 e. The number of carbonyl (C=O) groups excluding carboxylic acids is 4. The van der Waals surface area contributed by atoms with Crippen LogP contribution in [-0.2, 0) is 14.4 Å². The molecule has 1 heterocycles. The topological polar surface area (TPSA) is 105 Å². The second kappa shape index (κ2) is 10.8. The number of barbiturate groups is 1. The highest BCUT2D eigenvalue weighted by molar-refractivity contribution is 6.39. The van der Waals surface area contributed by atoms with Gasteiger partial charge in [-0.15, -0.1) is 0 Å². The van der Waals surface area contributed by atoms with Crippen molar-refractivity contribution >= 4 is 76.0 Å². The first-order valence-corrected chi connectivity index (χ1v) is 11.5. The van der Waals surface area contributed by atoms with Gasteiger partial charge in [-0.1, -0.05) is 40.9 Å². The first-order valence-electron chi connectivity index (χ1n) is 10.4. The number of nitrogens with zero attached hydrogens (tertiary/aromatic N) is 1. The Morgan fingerprint density at radius 3 is 2.33 bits per heavy atom. The predicted molar refractivity (Wildman–Crippen MR) is 137 cm³/mol. The largest absolute Gasteiger partial charge is 0.483 e. The van der Waals surface area contributed by atoms with Crippen LogP contribution in [0.5, 0.6) is 5.75 Å². The minimum absolute atomic E-state index is 0.185. The maximum Gasteiger partial charge on any atom is 0.335 e. The van der Waals surface area contributed by atoms with Crippen LogP contribution >= 0.6 is 34.8 Å². The summed E-state index contributed by atoms with van der Waals surface area (Å²) in [6.07, 6.45) is 1.24. The van der Waals surface area contributed by atoms with Crippen molar-refractivity contribution in [1.82, 2.24) is 5.32 Å². The Kier molecular flexibility index (Phi) is 7.59. The number of hydrogen-bond donors (Lipinski definition) is 2. The molecule has 5 amide bonds. The third-order valence-corrected chi connectivity index (χ3v) is 5.65. The summed E-state index contributed by atoms with van der Waals surface area (Å²) in [5.41, 5.74) is 0.625. The van der Waals surface area contributed by atoms with E-state index in [1.165, 1.54) is 36.4 Å². The number of rotatable bonds is 6. The van der Waals surface area contributed by atoms with Crippen LogP contribution in [0.2, 0.25) is 15.1 Å². The molecule has 0 aliphatic carbocycles. The molecule has 2 N–H and O–H groups in total. The van der Waals surface area contributed by atoms with Gasteiger partial charge in [0.2, 0.25) is 0 Å². The lowest BCUT2D eigenvalue weighted by Crippen LogP contribution is -2.54. The number of imide groups is 2. The van der Waals surface area contributed by atoms with Crippen molar-refractivity contribution < 1.29 is 23.9 Å². The summed E-state index contributed by atoms with van der Waals surface area (Å²) >= 11 is 18.0. The molecule has 11 heteroatoms. The zero-order valence-electron chi connectivity index (χ0n) is 18.3. The third kappa shape index (κ3) is 5.85. The minimum atomic E-state index is -0.911. The number of nitrogens with one attached hydrogen (secondary N) is 2. The van der Waals surface area contributed by atoms with Crippen molar-refractivity contribution in [1.29, 1.82) is 0 Å². The molecule has 0 atom stereocenters. The van der Waals surface area contributed by atoms with Crippen molar-refractivity contribution in [3.63, 3.8) is 0 Å². The molecule has 0 radical (unpaired) electrons. The molecule has 182 valence electrons. The van der Waals surface area contributed by atoms with Crippen molar-refractivity contribution in [3.05, 3.63) is 92.9 Å². The maximum absolute atomic E-state index is 13.1. The molecular formula is C25H16Cl3N3O5. The lowest BCUT2D eigenvalue weighted by Gasteiger charge is -2.26. The molecule has 0 unspecified atom stereocenters. The standard InChI is InChI=1S/C25H16Cl3N3O5/c26-15-4-7-18(8-5-15)29-22(32)13-36-21-9-6-17(28)10-14(21)11-20-23(33)30-25(35)31(24(20)34)19-3-1-2-16(27)12-19/h1-12H,13H2,(H,29,32)(H,30,33,35)/b20-11+. The first-order chi connectivity index (χ1) is 17.2. The fraction of sp³-hybridized carbons (Fsp3) is 0.0400. The average Bonchev–Trinajstić information content (AvgIpc) is 2.82. The summed E-state index contributed by atoms with van der Waals surface area (Å²) in [7, 11) is 0. The molecule has 0 saturated carbocycles. The van der Waals surface area contributed by atoms with Crippen molar-refractivity contribution in [2.24, 2.45) is 0 Å². The van der Waals surface area contributed by atoms with Gasteiger partial charge in [-0.2, -0.15) is 0 Å². The molecule has 3 aromatic carbocycles. The number of halogens is 3. The molecule has 36 heavy (non-hydrogen) atoms. The van der Waals surface area contributed by atoms with E-state index in [-0.39, 0.29) is 29.2 Å². The monoisotopic (exact) mass is 543 g/mol. The van der Waals surface area contributed by atoms with Gasteiger partial charge in [0.05, 0.1) is 5.69 Å². The summed E-state index contributed by atoms with van der Waals surface area (Å²) in [6, 6.07) is 16.2. The van der Waals surface area contributed by atoms with E-state index in [0.29, 0.717) is 20.8 Å². The summed E-state index contributed by atoms with van der Waals surface area (Å²) in [5.74, 6) is -2.02. The van der Waals surface area contributed by atoms with E-state index in [4.69, 9.17) is 39.5 Å². The Morgan fingerprint density at radius 1 is 0.917 bits per heavy atom. The van der Waals surface area contributed by atoms with Crippen LogP contribution < -0.4 is 20.3 Å². The van der Waals surface area contributed by atoms with E-state index in [1.807, 2.05) is 0 Å². The highest BCUT2D eigenvalue weighted by atomic mass is 35.5. The van der Waals surface area contributed by atoms with Crippen LogP contribution in [0.4, 0.5) is 16.2 Å². The predicted octanol–water partition coefficient (Wildman–Crippen LogP) is 5.33. The van der Waals surface area contributed by atoms with E-state index in [0.717, 1.165) is 4.90 Å². The molecule has 3 aromatic rings. The van der Waals surface area contributed by atoms with Crippen LogP contribution in [0.1, 0.15) is 5.56 Å². The molecule has 1 aliphatic rings. The van der Waals surface area contributed by atoms with Crippen LogP contribution in [0.25, 0.3) is 6.08 Å². The van der Waals surface area contributed by atoms with Gasteiger partial charge < -0.3 is 10.1 Å². The fourth-order valence-corrected chi connectivity index (χ4v) is 3.79. The van der Waals surface area contributed by atoms with Crippen LogP contribution in [0.3, 0.4) is 0 Å². The van der Waals surface area contributed by atoms with E-state index in [9.17, 15) is 19.2 Å². The van der Waals surface area contributed by atoms with E-state index < -0.39 is 23.8 Å². The molecule has 0 aromatic heterocycles. The van der Waals surface area contributed by atoms with Gasteiger partial charge >= 0.3 is 6.03 Å². The Hall–Kier alpha value is -3.85. The Balaban J connectivity index is 1.58. The Bertz CT molecular complexity index is 1410. The molecule has 1 fully saturated rings. The van der Waals surface area contributed by atoms with Gasteiger partial charge in [0.15, 0.2) is 6.61 Å². The summed E-state index contributed by atoms with van der Waals surface area (Å²) in [5, 5.41) is 5.92. The van der Waals surface area contributed by atoms with E-state index >= 15 is 0 Å². The molecular weight excluding hydrogens is 529 g/mol. The minimum Gasteiger partial charge on any atom is -0.483 e. The number of carbonyl (C=O) groups is 4. The second-order valence-electron chi connectivity index (χ2n) is 7.46. The summed E-state index contributed by atoms with van der Waals surface area (Å²) in [4.78, 5) is 51.2. The van der Waals surface area contributed by atoms with Gasteiger partial charge in [-0.3, -0.25) is 19.7 Å². The SMILES string of the molecule is O=C(COc1ccc(Cl)cc1/C=C1\C(=O)NC(=O)N(c2cccc(Cl)c2)C1=O)Nc1ccc(Cl)cc1. The van der Waals surface area contributed by atoms with Crippen molar-refractivity contribution in [3.8, 4) is 5.75 Å². The lowest BCUT2D eigenvalue weighted by molar-refractivity contribution is -0.122. The van der Waals surface area contributed by atoms with Crippen LogP contribution in [0.15, 0.2) is 72.3 Å². The Morgan fingerprint density at radius 2 is 1.61 bits per heavy atom. The van der Waals surface area contributed by atoms with Gasteiger partial charge in [0.25, 0.3) is 17.7 Å². The third-order valence-electron chi connectivity index (χ3n) is 4.93. The number of hydrogen-bond acceptors (Lipinski definition) is 5. The normalized spacial score (nSPS) is 14.6. The summed E-state index contributed by atoms with van der Waals surface area (Å²) < 4.78 is 5.63. The van der Waals surface area contributed by atoms with E-state index in [2.05, 4.69) is 10.6 Å². The lowest BCUT2D eigenvalue weighted by atomic mass is 10.1. The molecule has 4 rings (SSSR count). The molecule has 1 saturated heterocycles. The second-order valence-corrected chi connectivity index (χ2v) is 8.77. The van der Waals surface area contributed by atoms with Crippen LogP contribution in [-0.4, -0.2) is 30.4 Å². The number of urea groups is 1. The van der Waals surface area contributed by atoms with Crippen molar-refractivity contribution in [2.75, 3.05) is 16.8 Å². The first kappa shape index (κ1) is 25.2. The van der Waals surface area contributed by atoms with E-state index in [1.54, 1.807) is 36.4 Å². The maximum atomic E-state index is 13.1. The Labute approximate surface area is 220 Å². The zero-order chi connectivity index (χ0) is 25.8. The molecule has 8 nitrogen and oxygen atoms in total. The highest BCUT2D eigenvalue weighted by Gasteiger charge is 2.37.